The average molecular weight is 405 g/mol. The van der Waals surface area contributed by atoms with Crippen molar-refractivity contribution in [2.75, 3.05) is 13.6 Å². The van der Waals surface area contributed by atoms with Crippen molar-refractivity contribution in [1.82, 2.24) is 25.3 Å². The highest BCUT2D eigenvalue weighted by atomic mass is 19.1. The lowest BCUT2D eigenvalue weighted by Gasteiger charge is -2.13. The van der Waals surface area contributed by atoms with Gasteiger partial charge in [0.15, 0.2) is 0 Å². The van der Waals surface area contributed by atoms with Crippen molar-refractivity contribution >= 4 is 0 Å². The van der Waals surface area contributed by atoms with E-state index in [1.165, 1.54) is 17.7 Å². The second-order valence-electron chi connectivity index (χ2n) is 7.50. The van der Waals surface area contributed by atoms with Crippen LogP contribution in [0.3, 0.4) is 0 Å². The third kappa shape index (κ3) is 4.99. The summed E-state index contributed by atoms with van der Waals surface area (Å²) in [6, 6.07) is 16.5. The molecular formula is C23H24FN5O. The van der Waals surface area contributed by atoms with Crippen molar-refractivity contribution in [3.05, 3.63) is 77.6 Å². The van der Waals surface area contributed by atoms with Gasteiger partial charge >= 0.3 is 0 Å². The molecule has 0 aliphatic heterocycles. The van der Waals surface area contributed by atoms with E-state index < -0.39 is 0 Å². The molecule has 0 bridgehead atoms. The Kier molecular flexibility index (Phi) is 5.99. The molecule has 0 amide bonds. The van der Waals surface area contributed by atoms with Gasteiger partial charge in [0.05, 0.1) is 12.2 Å². The first kappa shape index (κ1) is 20.0. The molecule has 4 aromatic rings. The Morgan fingerprint density at radius 2 is 1.87 bits per heavy atom. The Hall–Kier alpha value is -3.32. The van der Waals surface area contributed by atoms with E-state index in [4.69, 9.17) is 4.42 Å². The Morgan fingerprint density at radius 1 is 1.03 bits per heavy atom. The number of aromatic nitrogens is 4. The molecule has 154 valence electrons. The summed E-state index contributed by atoms with van der Waals surface area (Å²) in [5.41, 5.74) is 4.68. The minimum Gasteiger partial charge on any atom is -0.419 e. The molecule has 0 aliphatic rings. The summed E-state index contributed by atoms with van der Waals surface area (Å²) in [4.78, 5) is 2.15. The van der Waals surface area contributed by atoms with Gasteiger partial charge in [-0.25, -0.2) is 4.39 Å². The van der Waals surface area contributed by atoms with E-state index in [0.717, 1.165) is 41.9 Å². The SMILES string of the molecule is Cc1ccc(-c2nnc(CN(C)CCCc3cc(-c4cccc(F)c4)n[nH]3)o2)cc1. The van der Waals surface area contributed by atoms with Crippen LogP contribution >= 0.6 is 0 Å². The molecule has 2 aromatic heterocycles. The minimum atomic E-state index is -0.259. The normalized spacial score (nSPS) is 11.3. The summed E-state index contributed by atoms with van der Waals surface area (Å²) in [7, 11) is 2.03. The van der Waals surface area contributed by atoms with Crippen molar-refractivity contribution in [3.8, 4) is 22.7 Å². The van der Waals surface area contributed by atoms with Gasteiger partial charge in [0.2, 0.25) is 11.8 Å². The number of aromatic amines is 1. The Balaban J connectivity index is 1.27. The first-order valence-corrected chi connectivity index (χ1v) is 9.95. The highest BCUT2D eigenvalue weighted by Gasteiger charge is 2.11. The fraction of sp³-hybridized carbons (Fsp3) is 0.261. The number of nitrogens with one attached hydrogen (secondary N) is 1. The Morgan fingerprint density at radius 3 is 2.67 bits per heavy atom. The van der Waals surface area contributed by atoms with E-state index in [1.54, 1.807) is 6.07 Å². The van der Waals surface area contributed by atoms with Crippen molar-refractivity contribution in [2.24, 2.45) is 0 Å². The summed E-state index contributed by atoms with van der Waals surface area (Å²) in [6.07, 6.45) is 1.80. The lowest BCUT2D eigenvalue weighted by Crippen LogP contribution is -2.19. The molecule has 1 N–H and O–H groups in total. The molecule has 6 nitrogen and oxygen atoms in total. The van der Waals surface area contributed by atoms with E-state index in [1.807, 2.05) is 50.4 Å². The Labute approximate surface area is 174 Å². The number of hydrogen-bond acceptors (Lipinski definition) is 5. The molecule has 0 fully saturated rings. The molecule has 0 spiro atoms. The molecule has 7 heteroatoms. The quantitative estimate of drug-likeness (QED) is 0.462. The standard InChI is InChI=1S/C23H24FN5O/c1-16-8-10-17(11-9-16)23-28-27-22(30-23)15-29(2)12-4-7-20-14-21(26-25-20)18-5-3-6-19(24)13-18/h3,5-6,8-11,13-14H,4,7,12,15H2,1-2H3,(H,25,26). The first-order chi connectivity index (χ1) is 14.6. The largest absolute Gasteiger partial charge is 0.419 e. The van der Waals surface area contributed by atoms with Crippen LogP contribution in [0.2, 0.25) is 0 Å². The van der Waals surface area contributed by atoms with Crippen LogP contribution in [-0.2, 0) is 13.0 Å². The molecular weight excluding hydrogens is 381 g/mol. The Bertz CT molecular complexity index is 1100. The van der Waals surface area contributed by atoms with Crippen LogP contribution in [-0.4, -0.2) is 38.9 Å². The zero-order chi connectivity index (χ0) is 20.9. The molecule has 0 unspecified atom stereocenters. The lowest BCUT2D eigenvalue weighted by atomic mass is 10.1. The fourth-order valence-electron chi connectivity index (χ4n) is 3.27. The van der Waals surface area contributed by atoms with Gasteiger partial charge in [0.1, 0.15) is 5.82 Å². The lowest BCUT2D eigenvalue weighted by molar-refractivity contribution is 0.286. The highest BCUT2D eigenvalue weighted by Crippen LogP contribution is 2.20. The second-order valence-corrected chi connectivity index (χ2v) is 7.50. The third-order valence-electron chi connectivity index (χ3n) is 4.91. The van der Waals surface area contributed by atoms with Crippen molar-refractivity contribution in [2.45, 2.75) is 26.3 Å². The number of halogens is 1. The molecule has 2 heterocycles. The first-order valence-electron chi connectivity index (χ1n) is 9.95. The smallest absolute Gasteiger partial charge is 0.247 e. The van der Waals surface area contributed by atoms with Crippen molar-refractivity contribution < 1.29 is 8.81 Å². The predicted octanol–water partition coefficient (Wildman–Crippen LogP) is 4.64. The van der Waals surface area contributed by atoms with Gasteiger partial charge in [-0.3, -0.25) is 10.00 Å². The van der Waals surface area contributed by atoms with Gasteiger partial charge in [-0.15, -0.1) is 10.2 Å². The number of nitrogens with zero attached hydrogens (tertiary/aromatic N) is 4. The maximum absolute atomic E-state index is 13.4. The zero-order valence-corrected chi connectivity index (χ0v) is 17.1. The van der Waals surface area contributed by atoms with Gasteiger partial charge in [-0.1, -0.05) is 29.8 Å². The van der Waals surface area contributed by atoms with Crippen molar-refractivity contribution in [1.29, 1.82) is 0 Å². The van der Waals surface area contributed by atoms with E-state index in [2.05, 4.69) is 25.3 Å². The van der Waals surface area contributed by atoms with Crippen molar-refractivity contribution in [3.63, 3.8) is 0 Å². The molecule has 2 aromatic carbocycles. The molecule has 4 rings (SSSR count). The zero-order valence-electron chi connectivity index (χ0n) is 17.1. The fourth-order valence-corrected chi connectivity index (χ4v) is 3.27. The molecule has 0 saturated carbocycles. The summed E-state index contributed by atoms with van der Waals surface area (Å²) in [6.45, 7) is 3.51. The van der Waals surface area contributed by atoms with Crippen LogP contribution in [0.1, 0.15) is 23.6 Å². The van der Waals surface area contributed by atoms with E-state index >= 15 is 0 Å². The monoisotopic (exact) mass is 405 g/mol. The minimum absolute atomic E-state index is 0.259. The molecule has 0 atom stereocenters. The summed E-state index contributed by atoms with van der Waals surface area (Å²) >= 11 is 0. The van der Waals surface area contributed by atoms with Gasteiger partial charge in [0, 0.05) is 16.8 Å². The van der Waals surface area contributed by atoms with Gasteiger partial charge < -0.3 is 4.42 Å². The van der Waals surface area contributed by atoms with Crippen LogP contribution in [0.25, 0.3) is 22.7 Å². The van der Waals surface area contributed by atoms with Crippen LogP contribution in [0.5, 0.6) is 0 Å². The van der Waals surface area contributed by atoms with E-state index in [0.29, 0.717) is 18.3 Å². The average Bonchev–Trinajstić information content (AvgIpc) is 3.38. The van der Waals surface area contributed by atoms with E-state index in [-0.39, 0.29) is 5.82 Å². The van der Waals surface area contributed by atoms with Crippen LogP contribution in [0.4, 0.5) is 4.39 Å². The summed E-state index contributed by atoms with van der Waals surface area (Å²) in [5, 5.41) is 15.6. The van der Waals surface area contributed by atoms with Crippen LogP contribution < -0.4 is 0 Å². The topological polar surface area (TPSA) is 70.8 Å². The molecule has 0 radical (unpaired) electrons. The van der Waals surface area contributed by atoms with E-state index in [9.17, 15) is 4.39 Å². The van der Waals surface area contributed by atoms with Gasteiger partial charge in [-0.05, 0) is 63.7 Å². The van der Waals surface area contributed by atoms with Crippen LogP contribution in [0.15, 0.2) is 59.0 Å². The van der Waals surface area contributed by atoms with Crippen LogP contribution in [0, 0.1) is 12.7 Å². The summed E-state index contributed by atoms with van der Waals surface area (Å²) < 4.78 is 19.2. The number of benzene rings is 2. The highest BCUT2D eigenvalue weighted by molar-refractivity contribution is 5.59. The molecule has 30 heavy (non-hydrogen) atoms. The number of rotatable bonds is 8. The second kappa shape index (κ2) is 9.00. The molecule has 0 aliphatic carbocycles. The van der Waals surface area contributed by atoms with Gasteiger partial charge in [0.25, 0.3) is 0 Å². The molecule has 0 saturated heterocycles. The maximum Gasteiger partial charge on any atom is 0.247 e. The third-order valence-corrected chi connectivity index (χ3v) is 4.91. The summed E-state index contributed by atoms with van der Waals surface area (Å²) in [5.74, 6) is 0.883. The predicted molar refractivity (Wildman–Crippen MR) is 113 cm³/mol. The van der Waals surface area contributed by atoms with Gasteiger partial charge in [-0.2, -0.15) is 5.10 Å². The number of H-pyrrole nitrogens is 1. The number of aryl methyl sites for hydroxylation is 2. The number of hydrogen-bond donors (Lipinski definition) is 1. The maximum atomic E-state index is 13.4.